The van der Waals surface area contributed by atoms with Crippen molar-refractivity contribution >= 4 is 64.2 Å². The molecular formula is C45H55F2N9O2S2. The number of carbonyl (C=O) groups is 2. The average Bonchev–Trinajstić information content (AvgIpc) is 3.67. The van der Waals surface area contributed by atoms with Gasteiger partial charge >= 0.3 is 0 Å². The molecule has 3 N–H and O–H groups in total. The summed E-state index contributed by atoms with van der Waals surface area (Å²) in [6.07, 6.45) is 6.25. The number of nitrogens with one attached hydrogen (secondary N) is 3. The van der Waals surface area contributed by atoms with E-state index in [4.69, 9.17) is 9.97 Å². The number of alkyl halides is 1. The number of benzene rings is 3. The quantitative estimate of drug-likeness (QED) is 0.0501. The minimum Gasteiger partial charge on any atom is -0.371 e. The molecule has 2 aliphatic rings. The number of carbonyl (C=O) groups excluding carboxylic acids is 2. The Hall–Kier alpha value is -5.12. The van der Waals surface area contributed by atoms with Crippen LogP contribution in [0.25, 0.3) is 21.8 Å². The van der Waals surface area contributed by atoms with Crippen LogP contribution in [0.1, 0.15) is 50.5 Å². The van der Waals surface area contributed by atoms with Crippen LogP contribution in [-0.4, -0.2) is 96.3 Å². The zero-order chi connectivity index (χ0) is 42.3. The fourth-order valence-electron chi connectivity index (χ4n) is 7.24. The van der Waals surface area contributed by atoms with Crippen molar-refractivity contribution in [3.05, 3.63) is 95.9 Å². The minimum absolute atomic E-state index is 0.00292. The second-order valence-electron chi connectivity index (χ2n) is 14.9. The number of halogens is 2. The van der Waals surface area contributed by atoms with Gasteiger partial charge in [-0.15, -0.1) is 11.3 Å². The summed E-state index contributed by atoms with van der Waals surface area (Å²) in [4.78, 5) is 41.9. The van der Waals surface area contributed by atoms with Crippen molar-refractivity contribution in [2.75, 3.05) is 78.5 Å². The Balaban J connectivity index is 0.000000603. The van der Waals surface area contributed by atoms with Crippen LogP contribution < -0.4 is 25.2 Å². The number of piperidine rings is 1. The molecule has 2 fully saturated rings. The van der Waals surface area contributed by atoms with E-state index in [1.54, 1.807) is 25.4 Å². The predicted molar refractivity (Wildman–Crippen MR) is 244 cm³/mol. The highest BCUT2D eigenvalue weighted by Gasteiger charge is 2.37. The maximum atomic E-state index is 15.9. The molecule has 2 saturated heterocycles. The number of rotatable bonds is 16. The number of aldehydes is 1. The molecule has 0 unspecified atom stereocenters. The molecule has 318 valence electrons. The van der Waals surface area contributed by atoms with Crippen molar-refractivity contribution in [3.63, 3.8) is 0 Å². The second-order valence-corrected chi connectivity index (χ2v) is 17.0. The highest BCUT2D eigenvalue weighted by molar-refractivity contribution is 8.00. The van der Waals surface area contributed by atoms with Crippen LogP contribution >= 0.6 is 23.3 Å². The topological polar surface area (TPSA) is 119 Å². The van der Waals surface area contributed by atoms with Gasteiger partial charge < -0.3 is 30.0 Å². The zero-order valence-electron chi connectivity index (χ0n) is 34.6. The van der Waals surface area contributed by atoms with Gasteiger partial charge in [-0.3, -0.25) is 9.69 Å². The van der Waals surface area contributed by atoms with Crippen LogP contribution in [0.15, 0.2) is 85.1 Å². The van der Waals surface area contributed by atoms with Gasteiger partial charge in [-0.05, 0) is 74.4 Å². The SMILES string of the molecule is CCCSNc1cccc(-c2nc(C)sc2-c2ccnc(Nc3ccc(N4CCN(CC5(F)CCN(c6ccccc6)CC5)CC4)cc3)n2)c1F.CNC(=O)CCCC=O. The first kappa shape index (κ1) is 44.4. The fraction of sp³-hybridized carbons (Fsp3) is 0.400. The lowest BCUT2D eigenvalue weighted by Crippen LogP contribution is -2.53. The summed E-state index contributed by atoms with van der Waals surface area (Å²) in [6.45, 7) is 9.44. The Labute approximate surface area is 360 Å². The number of piperazine rings is 1. The van der Waals surface area contributed by atoms with Crippen LogP contribution in [0.4, 0.5) is 37.5 Å². The lowest BCUT2D eigenvalue weighted by atomic mass is 9.92. The van der Waals surface area contributed by atoms with Crippen LogP contribution in [0.3, 0.4) is 0 Å². The summed E-state index contributed by atoms with van der Waals surface area (Å²) in [5.74, 6) is 1.01. The van der Waals surface area contributed by atoms with Gasteiger partial charge in [0, 0.05) is 113 Å². The summed E-state index contributed by atoms with van der Waals surface area (Å²) in [5.41, 5.74) is 4.19. The van der Waals surface area contributed by atoms with E-state index in [2.05, 4.69) is 66.2 Å². The molecule has 1 amide bonds. The summed E-state index contributed by atoms with van der Waals surface area (Å²) >= 11 is 2.98. The molecule has 0 spiro atoms. The Kier molecular flexibility index (Phi) is 16.2. The smallest absolute Gasteiger partial charge is 0.227 e. The summed E-state index contributed by atoms with van der Waals surface area (Å²) < 4.78 is 34.6. The van der Waals surface area contributed by atoms with Gasteiger partial charge in [0.1, 0.15) is 12.0 Å². The molecular weight excluding hydrogens is 801 g/mol. The number of hydrogen-bond acceptors (Lipinski definition) is 12. The number of thiazole rings is 1. The number of aryl methyl sites for hydroxylation is 1. The molecule has 60 heavy (non-hydrogen) atoms. The monoisotopic (exact) mass is 855 g/mol. The van der Waals surface area contributed by atoms with E-state index in [0.29, 0.717) is 67.2 Å². The lowest BCUT2D eigenvalue weighted by molar-refractivity contribution is -0.120. The zero-order valence-corrected chi connectivity index (χ0v) is 36.3. The Bertz CT molecular complexity index is 2130. The molecule has 0 aliphatic carbocycles. The van der Waals surface area contributed by atoms with Crippen molar-refractivity contribution in [3.8, 4) is 21.8 Å². The fourth-order valence-corrected chi connectivity index (χ4v) is 8.76. The molecule has 11 nitrogen and oxygen atoms in total. The van der Waals surface area contributed by atoms with E-state index in [1.807, 2.05) is 49.4 Å². The van der Waals surface area contributed by atoms with Gasteiger partial charge in [-0.25, -0.2) is 23.7 Å². The van der Waals surface area contributed by atoms with Crippen LogP contribution in [0, 0.1) is 12.7 Å². The average molecular weight is 856 g/mol. The lowest BCUT2D eigenvalue weighted by Gasteiger charge is -2.42. The van der Waals surface area contributed by atoms with Crippen LogP contribution in [0.5, 0.6) is 0 Å². The van der Waals surface area contributed by atoms with E-state index in [-0.39, 0.29) is 11.7 Å². The van der Waals surface area contributed by atoms with Crippen molar-refractivity contribution < 1.29 is 18.4 Å². The highest BCUT2D eigenvalue weighted by Crippen LogP contribution is 2.39. The third kappa shape index (κ3) is 12.2. The normalized spacial score (nSPS) is 15.2. The van der Waals surface area contributed by atoms with E-state index >= 15 is 8.78 Å². The van der Waals surface area contributed by atoms with Crippen LogP contribution in [-0.2, 0) is 9.59 Å². The number of hydrogen-bond donors (Lipinski definition) is 3. The number of nitrogens with zero attached hydrogens (tertiary/aromatic N) is 6. The Morgan fingerprint density at radius 2 is 1.63 bits per heavy atom. The Morgan fingerprint density at radius 1 is 0.917 bits per heavy atom. The van der Waals surface area contributed by atoms with E-state index in [0.717, 1.165) is 79.0 Å². The number of aromatic nitrogens is 3. The van der Waals surface area contributed by atoms with Gasteiger partial charge in [0.15, 0.2) is 5.82 Å². The number of para-hydroxylation sites is 1. The molecule has 2 aromatic heterocycles. The molecule has 0 bridgehead atoms. The van der Waals surface area contributed by atoms with Crippen molar-refractivity contribution in [2.45, 2.75) is 58.0 Å². The molecule has 0 saturated carbocycles. The molecule has 3 aromatic carbocycles. The second kappa shape index (κ2) is 21.9. The number of amides is 1. The maximum Gasteiger partial charge on any atom is 0.227 e. The predicted octanol–water partition coefficient (Wildman–Crippen LogP) is 9.16. The molecule has 2 aliphatic heterocycles. The largest absolute Gasteiger partial charge is 0.371 e. The first-order valence-electron chi connectivity index (χ1n) is 20.6. The van der Waals surface area contributed by atoms with Gasteiger partial charge in [0.05, 0.1) is 27.0 Å². The molecule has 15 heteroatoms. The van der Waals surface area contributed by atoms with Gasteiger partial charge in [0.25, 0.3) is 0 Å². The van der Waals surface area contributed by atoms with Gasteiger partial charge in [0.2, 0.25) is 11.9 Å². The first-order valence-corrected chi connectivity index (χ1v) is 22.4. The number of unbranched alkanes of at least 4 members (excludes halogenated alkanes) is 1. The summed E-state index contributed by atoms with van der Waals surface area (Å²) in [5, 5.41) is 6.63. The van der Waals surface area contributed by atoms with Crippen molar-refractivity contribution in [1.29, 1.82) is 0 Å². The molecule has 0 radical (unpaired) electrons. The van der Waals surface area contributed by atoms with E-state index in [1.165, 1.54) is 29.0 Å². The van der Waals surface area contributed by atoms with E-state index < -0.39 is 5.67 Å². The van der Waals surface area contributed by atoms with Gasteiger partial charge in [-0.2, -0.15) is 0 Å². The van der Waals surface area contributed by atoms with Crippen LogP contribution in [0.2, 0.25) is 0 Å². The standard InChI is InChI=1S/C39H44F2N8S2.C6H11NO2/c1-3-26-50-46-33-11-7-10-32(35(33)40)36-37(51-28(2)43-36)34-16-19-42-38(45-34)44-29-12-14-31(15-13-29)49-24-22-47(23-25-49)27-39(41)17-20-48(21-18-39)30-8-5-4-6-9-30;1-7-6(9)4-2-3-5-8/h4-16,19,46H,3,17-18,20-27H2,1-2H3,(H,42,44,45);5H,2-4H2,1H3,(H,7,9). The third-order valence-electron chi connectivity index (χ3n) is 10.5. The molecule has 5 aromatic rings. The van der Waals surface area contributed by atoms with Crippen molar-refractivity contribution in [1.82, 2.24) is 25.2 Å². The number of anilines is 5. The molecule has 0 atom stereocenters. The van der Waals surface area contributed by atoms with Gasteiger partial charge in [-0.1, -0.05) is 43.1 Å². The third-order valence-corrected chi connectivity index (χ3v) is 12.5. The highest BCUT2D eigenvalue weighted by atomic mass is 32.2. The summed E-state index contributed by atoms with van der Waals surface area (Å²) in [7, 11) is 1.59. The molecule has 4 heterocycles. The molecule has 7 rings (SSSR count). The van der Waals surface area contributed by atoms with Crippen molar-refractivity contribution in [2.24, 2.45) is 0 Å². The maximum absolute atomic E-state index is 15.9. The Morgan fingerprint density at radius 3 is 2.33 bits per heavy atom. The summed E-state index contributed by atoms with van der Waals surface area (Å²) in [6, 6.07) is 25.8. The first-order chi connectivity index (χ1) is 29.2. The van der Waals surface area contributed by atoms with E-state index in [9.17, 15) is 9.59 Å². The minimum atomic E-state index is -1.13.